The molecule has 27 heavy (non-hydrogen) atoms. The van der Waals surface area contributed by atoms with E-state index in [1.807, 2.05) is 36.4 Å². The number of carbonyl (C=O) groups is 1. The van der Waals surface area contributed by atoms with E-state index in [0.29, 0.717) is 10.7 Å². The molecule has 0 aliphatic carbocycles. The summed E-state index contributed by atoms with van der Waals surface area (Å²) in [5, 5.41) is 20.2. The first-order valence-electron chi connectivity index (χ1n) is 8.04. The molecule has 0 saturated carbocycles. The van der Waals surface area contributed by atoms with Crippen LogP contribution in [0.3, 0.4) is 0 Å². The number of ether oxygens (including phenoxy) is 1. The molecule has 0 spiro atoms. The largest absolute Gasteiger partial charge is 0.497 e. The number of nitriles is 1. The number of thioether (sulfide) groups is 1. The van der Waals surface area contributed by atoms with Gasteiger partial charge in [0.25, 0.3) is 0 Å². The maximum absolute atomic E-state index is 12.1. The van der Waals surface area contributed by atoms with Crippen LogP contribution in [0.4, 0.5) is 5.13 Å². The smallest absolute Gasteiger partial charge is 0.230 e. The molecule has 0 saturated heterocycles. The van der Waals surface area contributed by atoms with Crippen LogP contribution >= 0.6 is 23.1 Å². The zero-order chi connectivity index (χ0) is 19.1. The Balaban J connectivity index is 1.50. The normalized spacial score (nSPS) is 10.2. The number of rotatable bonds is 7. The Morgan fingerprint density at radius 3 is 2.52 bits per heavy atom. The highest BCUT2D eigenvalue weighted by molar-refractivity contribution is 8.00. The lowest BCUT2D eigenvalue weighted by atomic mass is 10.1. The van der Waals surface area contributed by atoms with Gasteiger partial charge in [-0.2, -0.15) is 5.26 Å². The summed E-state index contributed by atoms with van der Waals surface area (Å²) in [5.74, 6) is 1.34. The summed E-state index contributed by atoms with van der Waals surface area (Å²) < 4.78 is 5.88. The first-order valence-corrected chi connectivity index (χ1v) is 9.84. The van der Waals surface area contributed by atoms with Crippen LogP contribution in [0.5, 0.6) is 5.75 Å². The fraction of sp³-hybridized carbons (Fsp3) is 0.158. The van der Waals surface area contributed by atoms with Crippen molar-refractivity contribution in [3.05, 3.63) is 65.2 Å². The van der Waals surface area contributed by atoms with E-state index in [4.69, 9.17) is 10.00 Å². The third kappa shape index (κ3) is 5.54. The Morgan fingerprint density at radius 1 is 1.15 bits per heavy atom. The lowest BCUT2D eigenvalue weighted by Crippen LogP contribution is -2.14. The van der Waals surface area contributed by atoms with Gasteiger partial charge >= 0.3 is 0 Å². The van der Waals surface area contributed by atoms with E-state index in [2.05, 4.69) is 21.6 Å². The molecule has 0 radical (unpaired) electrons. The Bertz CT molecular complexity index is 947. The number of methoxy groups -OCH3 is 1. The number of nitrogens with one attached hydrogen (secondary N) is 1. The van der Waals surface area contributed by atoms with Gasteiger partial charge in [-0.15, -0.1) is 10.2 Å². The minimum atomic E-state index is -0.139. The molecule has 3 rings (SSSR count). The maximum Gasteiger partial charge on any atom is 0.230 e. The molecule has 0 bridgehead atoms. The Labute approximate surface area is 165 Å². The molecule has 8 heteroatoms. The van der Waals surface area contributed by atoms with Crippen molar-refractivity contribution >= 4 is 34.1 Å². The van der Waals surface area contributed by atoms with Crippen LogP contribution < -0.4 is 10.1 Å². The van der Waals surface area contributed by atoms with Gasteiger partial charge in [-0.05, 0) is 35.4 Å². The molecule has 0 aliphatic heterocycles. The summed E-state index contributed by atoms with van der Waals surface area (Å²) in [6, 6.07) is 16.9. The molecule has 1 heterocycles. The number of hydrogen-bond donors (Lipinski definition) is 1. The lowest BCUT2D eigenvalue weighted by Gasteiger charge is -2.03. The van der Waals surface area contributed by atoms with Crippen molar-refractivity contribution in [2.24, 2.45) is 0 Å². The first-order chi connectivity index (χ1) is 13.2. The van der Waals surface area contributed by atoms with E-state index in [0.717, 1.165) is 27.0 Å². The highest BCUT2D eigenvalue weighted by Gasteiger charge is 2.10. The number of carbonyl (C=O) groups excluding carboxylic acids is 1. The van der Waals surface area contributed by atoms with Crippen LogP contribution in [-0.2, 0) is 17.0 Å². The van der Waals surface area contributed by atoms with Crippen molar-refractivity contribution in [3.63, 3.8) is 0 Å². The van der Waals surface area contributed by atoms with E-state index in [1.165, 1.54) is 23.1 Å². The molecule has 1 N–H and O–H groups in total. The third-order valence-corrected chi connectivity index (χ3v) is 5.67. The van der Waals surface area contributed by atoms with Crippen molar-refractivity contribution in [3.8, 4) is 11.8 Å². The molecule has 6 nitrogen and oxygen atoms in total. The van der Waals surface area contributed by atoms with Crippen molar-refractivity contribution in [2.75, 3.05) is 12.4 Å². The number of aromatic nitrogens is 2. The molecule has 1 amide bonds. The molecular weight excluding hydrogens is 380 g/mol. The second kappa shape index (κ2) is 9.16. The second-order valence-electron chi connectivity index (χ2n) is 5.54. The molecule has 136 valence electrons. The van der Waals surface area contributed by atoms with Gasteiger partial charge in [0, 0.05) is 5.75 Å². The van der Waals surface area contributed by atoms with Crippen LogP contribution in [-0.4, -0.2) is 23.2 Å². The first kappa shape index (κ1) is 18.9. The molecule has 2 aromatic carbocycles. The van der Waals surface area contributed by atoms with Crippen molar-refractivity contribution in [2.45, 2.75) is 16.5 Å². The number of benzene rings is 2. The molecule has 3 aromatic rings. The topological polar surface area (TPSA) is 87.9 Å². The Hall–Kier alpha value is -2.89. The molecule has 0 atom stereocenters. The summed E-state index contributed by atoms with van der Waals surface area (Å²) in [7, 11) is 1.61. The fourth-order valence-corrected chi connectivity index (χ4v) is 3.96. The maximum atomic E-state index is 12.1. The quantitative estimate of drug-likeness (QED) is 0.481. The predicted molar refractivity (Wildman–Crippen MR) is 106 cm³/mol. The molecule has 0 unspecified atom stereocenters. The van der Waals surface area contributed by atoms with Gasteiger partial charge in [0.2, 0.25) is 11.0 Å². The number of hydrogen-bond acceptors (Lipinski definition) is 7. The highest BCUT2D eigenvalue weighted by atomic mass is 32.2. The van der Waals surface area contributed by atoms with Crippen LogP contribution in [0, 0.1) is 11.3 Å². The van der Waals surface area contributed by atoms with Crippen LogP contribution in [0.25, 0.3) is 0 Å². The van der Waals surface area contributed by atoms with Crippen molar-refractivity contribution < 1.29 is 9.53 Å². The van der Waals surface area contributed by atoms with Gasteiger partial charge < -0.3 is 10.1 Å². The molecule has 0 fully saturated rings. The molecule has 1 aromatic heterocycles. The fourth-order valence-electron chi connectivity index (χ4n) is 2.23. The van der Waals surface area contributed by atoms with Crippen LogP contribution in [0.1, 0.15) is 16.7 Å². The second-order valence-corrected chi connectivity index (χ2v) is 7.74. The zero-order valence-electron chi connectivity index (χ0n) is 14.5. The number of anilines is 1. The third-order valence-electron chi connectivity index (χ3n) is 3.62. The summed E-state index contributed by atoms with van der Waals surface area (Å²) in [5.41, 5.74) is 2.63. The van der Waals surface area contributed by atoms with Gasteiger partial charge in [-0.25, -0.2) is 0 Å². The van der Waals surface area contributed by atoms with E-state index in [9.17, 15) is 4.79 Å². The summed E-state index contributed by atoms with van der Waals surface area (Å²) in [4.78, 5) is 12.1. The van der Waals surface area contributed by atoms with Gasteiger partial charge in [0.1, 0.15) is 5.75 Å². The number of amides is 1. The van der Waals surface area contributed by atoms with Crippen LogP contribution in [0.2, 0.25) is 0 Å². The highest BCUT2D eigenvalue weighted by Crippen LogP contribution is 2.28. The zero-order valence-corrected chi connectivity index (χ0v) is 16.1. The Kier molecular flexibility index (Phi) is 6.41. The van der Waals surface area contributed by atoms with Gasteiger partial charge in [-0.3, -0.25) is 4.79 Å². The van der Waals surface area contributed by atoms with E-state index in [1.54, 1.807) is 19.2 Å². The summed E-state index contributed by atoms with van der Waals surface area (Å²) >= 11 is 2.88. The minimum absolute atomic E-state index is 0.139. The van der Waals surface area contributed by atoms with Crippen molar-refractivity contribution in [1.29, 1.82) is 5.26 Å². The lowest BCUT2D eigenvalue weighted by molar-refractivity contribution is -0.115. The standard InChI is InChI=1S/C19H16N4O2S2/c1-25-16-8-6-13(7-9-16)10-17(24)21-18-22-23-19(27-18)26-12-15-4-2-14(11-20)3-5-15/h2-9H,10,12H2,1H3,(H,21,22,24). The van der Waals surface area contributed by atoms with Crippen LogP contribution in [0.15, 0.2) is 52.9 Å². The minimum Gasteiger partial charge on any atom is -0.497 e. The molecule has 0 aliphatic rings. The summed E-state index contributed by atoms with van der Waals surface area (Å²) in [6.07, 6.45) is 0.261. The Morgan fingerprint density at radius 2 is 1.85 bits per heavy atom. The average molecular weight is 396 g/mol. The van der Waals surface area contributed by atoms with Gasteiger partial charge in [0.15, 0.2) is 4.34 Å². The predicted octanol–water partition coefficient (Wildman–Crippen LogP) is 3.89. The average Bonchev–Trinajstić information content (AvgIpc) is 3.14. The van der Waals surface area contributed by atoms with Crippen molar-refractivity contribution in [1.82, 2.24) is 10.2 Å². The van der Waals surface area contributed by atoms with Gasteiger partial charge in [-0.1, -0.05) is 47.4 Å². The monoisotopic (exact) mass is 396 g/mol. The van der Waals surface area contributed by atoms with E-state index >= 15 is 0 Å². The van der Waals surface area contributed by atoms with E-state index in [-0.39, 0.29) is 12.3 Å². The summed E-state index contributed by atoms with van der Waals surface area (Å²) in [6.45, 7) is 0. The molecular formula is C19H16N4O2S2. The SMILES string of the molecule is COc1ccc(CC(=O)Nc2nnc(SCc3ccc(C#N)cc3)s2)cc1. The van der Waals surface area contributed by atoms with Gasteiger partial charge in [0.05, 0.1) is 25.2 Å². The number of nitrogens with zero attached hydrogens (tertiary/aromatic N) is 3. The van der Waals surface area contributed by atoms with E-state index < -0.39 is 0 Å².